The second-order valence-corrected chi connectivity index (χ2v) is 8.45. The molecule has 0 bridgehead atoms. The third-order valence-electron chi connectivity index (χ3n) is 5.99. The van der Waals surface area contributed by atoms with Crippen LogP contribution in [0.3, 0.4) is 0 Å². The number of rotatable bonds is 7. The van der Waals surface area contributed by atoms with Crippen molar-refractivity contribution in [3.8, 4) is 11.5 Å². The molecule has 1 heterocycles. The van der Waals surface area contributed by atoms with E-state index in [1.165, 1.54) is 18.2 Å². The Morgan fingerprint density at radius 2 is 1.43 bits per heavy atom. The van der Waals surface area contributed by atoms with Gasteiger partial charge in [0.25, 0.3) is 5.91 Å². The Kier molecular flexibility index (Phi) is 6.51. The van der Waals surface area contributed by atoms with Crippen LogP contribution in [-0.4, -0.2) is 49.0 Å². The number of anilines is 1. The molecule has 0 radical (unpaired) electrons. The van der Waals surface area contributed by atoms with Crippen molar-refractivity contribution < 1.29 is 38.2 Å². The van der Waals surface area contributed by atoms with Crippen LogP contribution in [0.4, 0.5) is 5.69 Å². The lowest BCUT2D eigenvalue weighted by atomic mass is 9.84. The lowest BCUT2D eigenvalue weighted by Gasteiger charge is -2.18. The van der Waals surface area contributed by atoms with Gasteiger partial charge in [0.05, 0.1) is 6.42 Å². The van der Waals surface area contributed by atoms with E-state index in [1.54, 1.807) is 42.5 Å². The number of esters is 1. The summed E-state index contributed by atoms with van der Waals surface area (Å²) in [6, 6.07) is 15.8. The summed E-state index contributed by atoms with van der Waals surface area (Å²) < 4.78 is 15.9. The van der Waals surface area contributed by atoms with E-state index in [-0.39, 0.29) is 47.0 Å². The Bertz CT molecular complexity index is 1460. The molecule has 37 heavy (non-hydrogen) atoms. The van der Waals surface area contributed by atoms with E-state index in [2.05, 4.69) is 5.32 Å². The van der Waals surface area contributed by atoms with Crippen LogP contribution in [0.5, 0.6) is 11.5 Å². The topological polar surface area (TPSA) is 125 Å². The number of Topliss-reactive ketones (excluding diaryl/α,β-unsaturated/α-hetero) is 1. The van der Waals surface area contributed by atoms with Gasteiger partial charge in [-0.15, -0.1) is 0 Å². The predicted molar refractivity (Wildman–Crippen MR) is 130 cm³/mol. The maximum atomic E-state index is 12.8. The summed E-state index contributed by atoms with van der Waals surface area (Å²) in [5.74, 6) is -1.13. The van der Waals surface area contributed by atoms with E-state index in [9.17, 15) is 24.0 Å². The average Bonchev–Trinajstić information content (AvgIpc) is 2.93. The molecule has 0 aromatic heterocycles. The molecule has 186 valence electrons. The van der Waals surface area contributed by atoms with Gasteiger partial charge in [0.1, 0.15) is 13.2 Å². The Balaban J connectivity index is 1.13. The van der Waals surface area contributed by atoms with Crippen molar-refractivity contribution in [1.82, 2.24) is 0 Å². The van der Waals surface area contributed by atoms with Crippen molar-refractivity contribution in [2.45, 2.75) is 12.8 Å². The zero-order chi connectivity index (χ0) is 25.9. The molecule has 5 rings (SSSR count). The number of amides is 1. The fraction of sp³-hybridized carbons (Fsp3) is 0.179. The summed E-state index contributed by atoms with van der Waals surface area (Å²) in [5, 5.41) is 2.55. The molecule has 9 heteroatoms. The molecule has 3 aromatic carbocycles. The molecule has 1 amide bonds. The second kappa shape index (κ2) is 10.1. The number of hydrogen-bond donors (Lipinski definition) is 1. The third-order valence-corrected chi connectivity index (χ3v) is 5.99. The molecule has 1 aliphatic carbocycles. The highest BCUT2D eigenvalue weighted by Crippen LogP contribution is 2.31. The highest BCUT2D eigenvalue weighted by Gasteiger charge is 2.29. The Labute approximate surface area is 211 Å². The number of ether oxygens (including phenoxy) is 3. The first-order valence-electron chi connectivity index (χ1n) is 11.6. The summed E-state index contributed by atoms with van der Waals surface area (Å²) in [5.41, 5.74) is 1.78. The van der Waals surface area contributed by atoms with Gasteiger partial charge in [0.15, 0.2) is 35.5 Å². The standard InChI is InChI=1S/C28H21NO8/c30-22(16-5-9-23-24(13-16)36-12-11-35-23)8-10-26(32)37-15-25(31)29-17-6-7-20-21(14-17)28(34)19-4-2-1-3-18(19)27(20)33/h1-7,9,13-14H,8,10-12,15H2,(H,29,31). The Morgan fingerprint density at radius 1 is 0.757 bits per heavy atom. The van der Waals surface area contributed by atoms with Gasteiger partial charge in [0.2, 0.25) is 0 Å². The van der Waals surface area contributed by atoms with Gasteiger partial charge >= 0.3 is 5.97 Å². The molecule has 0 unspecified atom stereocenters. The van der Waals surface area contributed by atoms with Crippen molar-refractivity contribution in [1.29, 1.82) is 0 Å². The number of carbonyl (C=O) groups excluding carboxylic acids is 5. The van der Waals surface area contributed by atoms with Gasteiger partial charge in [-0.3, -0.25) is 24.0 Å². The van der Waals surface area contributed by atoms with Gasteiger partial charge in [0, 0.05) is 39.9 Å². The summed E-state index contributed by atoms with van der Waals surface area (Å²) in [4.78, 5) is 62.3. The van der Waals surface area contributed by atoms with Gasteiger partial charge < -0.3 is 19.5 Å². The number of carbonyl (C=O) groups is 5. The van der Waals surface area contributed by atoms with E-state index in [4.69, 9.17) is 14.2 Å². The van der Waals surface area contributed by atoms with E-state index in [0.717, 1.165) is 0 Å². The van der Waals surface area contributed by atoms with Gasteiger partial charge in [-0.05, 0) is 36.4 Å². The maximum Gasteiger partial charge on any atom is 0.306 e. The molecule has 0 atom stereocenters. The van der Waals surface area contributed by atoms with Crippen molar-refractivity contribution >= 4 is 34.9 Å². The summed E-state index contributed by atoms with van der Waals surface area (Å²) in [6.45, 7) is 0.273. The van der Waals surface area contributed by atoms with E-state index in [0.29, 0.717) is 41.4 Å². The largest absolute Gasteiger partial charge is 0.486 e. The first-order chi connectivity index (χ1) is 17.9. The average molecular weight is 499 g/mol. The minimum atomic E-state index is -0.705. The highest BCUT2D eigenvalue weighted by molar-refractivity contribution is 6.28. The van der Waals surface area contributed by atoms with Crippen LogP contribution in [-0.2, 0) is 14.3 Å². The molecular formula is C28H21NO8. The zero-order valence-corrected chi connectivity index (χ0v) is 19.6. The van der Waals surface area contributed by atoms with Crippen LogP contribution in [0, 0.1) is 0 Å². The fourth-order valence-electron chi connectivity index (χ4n) is 4.17. The van der Waals surface area contributed by atoms with E-state index in [1.807, 2.05) is 0 Å². The molecule has 0 saturated carbocycles. The Hall–Kier alpha value is -4.79. The predicted octanol–water partition coefficient (Wildman–Crippen LogP) is 3.38. The molecule has 2 aliphatic rings. The van der Waals surface area contributed by atoms with Crippen molar-refractivity contribution in [3.05, 3.63) is 88.5 Å². The van der Waals surface area contributed by atoms with E-state index < -0.39 is 18.5 Å². The van der Waals surface area contributed by atoms with Gasteiger partial charge in [-0.25, -0.2) is 0 Å². The van der Waals surface area contributed by atoms with Gasteiger partial charge in [-0.2, -0.15) is 0 Å². The van der Waals surface area contributed by atoms with Crippen LogP contribution in [0.2, 0.25) is 0 Å². The van der Waals surface area contributed by atoms with Crippen molar-refractivity contribution in [3.63, 3.8) is 0 Å². The maximum absolute atomic E-state index is 12.8. The molecular weight excluding hydrogens is 478 g/mol. The molecule has 0 saturated heterocycles. The lowest BCUT2D eigenvalue weighted by molar-refractivity contribution is -0.147. The molecule has 0 spiro atoms. The van der Waals surface area contributed by atoms with E-state index >= 15 is 0 Å². The molecule has 0 fully saturated rings. The number of nitrogens with one attached hydrogen (secondary N) is 1. The summed E-state index contributed by atoms with van der Waals surface area (Å²) >= 11 is 0. The highest BCUT2D eigenvalue weighted by atomic mass is 16.6. The smallest absolute Gasteiger partial charge is 0.306 e. The first kappa shape index (κ1) is 23.9. The van der Waals surface area contributed by atoms with Crippen molar-refractivity contribution in [2.24, 2.45) is 0 Å². The van der Waals surface area contributed by atoms with Gasteiger partial charge in [-0.1, -0.05) is 24.3 Å². The number of fused-ring (bicyclic) bond motifs is 3. The fourth-order valence-corrected chi connectivity index (χ4v) is 4.17. The summed E-state index contributed by atoms with van der Waals surface area (Å²) in [6.07, 6.45) is -0.294. The van der Waals surface area contributed by atoms with Crippen LogP contribution >= 0.6 is 0 Å². The SMILES string of the molecule is O=C(COC(=O)CCC(=O)c1ccc2c(c1)OCCO2)Nc1ccc2c(c1)C(=O)c1ccccc1C2=O. The normalized spacial score (nSPS) is 13.3. The zero-order valence-electron chi connectivity index (χ0n) is 19.6. The molecule has 3 aromatic rings. The van der Waals surface area contributed by atoms with Crippen LogP contribution in [0.25, 0.3) is 0 Å². The number of ketones is 3. The summed E-state index contributed by atoms with van der Waals surface area (Å²) in [7, 11) is 0. The number of benzene rings is 3. The first-order valence-corrected chi connectivity index (χ1v) is 11.6. The minimum absolute atomic E-state index is 0.0947. The second-order valence-electron chi connectivity index (χ2n) is 8.45. The van der Waals surface area contributed by atoms with Crippen molar-refractivity contribution in [2.75, 3.05) is 25.1 Å². The number of hydrogen-bond acceptors (Lipinski definition) is 8. The Morgan fingerprint density at radius 3 is 2.19 bits per heavy atom. The van der Waals surface area contributed by atoms with Crippen LogP contribution in [0.15, 0.2) is 60.7 Å². The molecule has 1 aliphatic heterocycles. The minimum Gasteiger partial charge on any atom is -0.486 e. The third kappa shape index (κ3) is 4.97. The van der Waals surface area contributed by atoms with Crippen LogP contribution in [0.1, 0.15) is 55.0 Å². The monoisotopic (exact) mass is 499 g/mol. The molecule has 9 nitrogen and oxygen atoms in total. The quantitative estimate of drug-likeness (QED) is 0.303. The lowest BCUT2D eigenvalue weighted by Crippen LogP contribution is -2.23. The molecule has 1 N–H and O–H groups in total. The van der Waals surface area contributed by atoms with Crippen LogP contribution < -0.4 is 14.8 Å².